The van der Waals surface area contributed by atoms with Gasteiger partial charge in [-0.05, 0) is 19.5 Å². The molecular formula is C11H15NO. The summed E-state index contributed by atoms with van der Waals surface area (Å²) in [5, 5.41) is 3.31. The Hall–Kier alpha value is -1.20. The molecule has 1 aromatic rings. The monoisotopic (exact) mass is 177 g/mol. The molecule has 0 aliphatic carbocycles. The van der Waals surface area contributed by atoms with Crippen LogP contribution < -0.4 is 5.32 Å². The van der Waals surface area contributed by atoms with Gasteiger partial charge in [-0.15, -0.1) is 12.3 Å². The number of nitrogens with one attached hydrogen (secondary N) is 1. The summed E-state index contributed by atoms with van der Waals surface area (Å²) in [7, 11) is 0. The van der Waals surface area contributed by atoms with E-state index in [0.717, 1.165) is 17.9 Å². The van der Waals surface area contributed by atoms with E-state index in [1.165, 1.54) is 0 Å². The Bertz CT molecular complexity index is 295. The Morgan fingerprint density at radius 2 is 2.46 bits per heavy atom. The van der Waals surface area contributed by atoms with Gasteiger partial charge in [-0.2, -0.15) is 0 Å². The van der Waals surface area contributed by atoms with E-state index in [4.69, 9.17) is 10.8 Å². The zero-order chi connectivity index (χ0) is 9.68. The topological polar surface area (TPSA) is 25.2 Å². The van der Waals surface area contributed by atoms with Gasteiger partial charge >= 0.3 is 0 Å². The molecule has 0 amide bonds. The van der Waals surface area contributed by atoms with E-state index in [9.17, 15) is 0 Å². The van der Waals surface area contributed by atoms with Gasteiger partial charge in [0.1, 0.15) is 5.76 Å². The van der Waals surface area contributed by atoms with Gasteiger partial charge in [0.05, 0.1) is 6.26 Å². The van der Waals surface area contributed by atoms with E-state index < -0.39 is 0 Å². The molecule has 1 heterocycles. The second-order valence-corrected chi connectivity index (χ2v) is 3.01. The highest BCUT2D eigenvalue weighted by atomic mass is 16.3. The fourth-order valence-corrected chi connectivity index (χ4v) is 1.32. The summed E-state index contributed by atoms with van der Waals surface area (Å²) < 4.78 is 5.23. The van der Waals surface area contributed by atoms with Crippen LogP contribution in [0, 0.1) is 19.3 Å². The zero-order valence-electron chi connectivity index (χ0n) is 8.13. The van der Waals surface area contributed by atoms with Crippen LogP contribution in [0.15, 0.2) is 16.7 Å². The van der Waals surface area contributed by atoms with Gasteiger partial charge in [-0.1, -0.05) is 6.92 Å². The van der Waals surface area contributed by atoms with Crippen molar-refractivity contribution in [1.29, 1.82) is 0 Å². The van der Waals surface area contributed by atoms with Crippen LogP contribution in [-0.2, 0) is 0 Å². The second-order valence-electron chi connectivity index (χ2n) is 3.01. The minimum Gasteiger partial charge on any atom is -0.469 e. The molecule has 2 nitrogen and oxygen atoms in total. The maximum absolute atomic E-state index is 5.28. The predicted molar refractivity (Wildman–Crippen MR) is 53.3 cm³/mol. The van der Waals surface area contributed by atoms with Crippen molar-refractivity contribution in [3.05, 3.63) is 23.7 Å². The first-order chi connectivity index (χ1) is 6.27. The minimum absolute atomic E-state index is 0.229. The SMILES string of the molecule is C#CCC(NCC)c1coc(C)c1. The first-order valence-electron chi connectivity index (χ1n) is 4.49. The number of aryl methyl sites for hydroxylation is 1. The molecule has 0 radical (unpaired) electrons. The van der Waals surface area contributed by atoms with Gasteiger partial charge in [-0.3, -0.25) is 0 Å². The van der Waals surface area contributed by atoms with Crippen molar-refractivity contribution in [1.82, 2.24) is 5.32 Å². The number of furan rings is 1. The van der Waals surface area contributed by atoms with Crippen LogP contribution >= 0.6 is 0 Å². The molecule has 1 aromatic heterocycles. The highest BCUT2D eigenvalue weighted by Crippen LogP contribution is 2.18. The summed E-state index contributed by atoms with van der Waals surface area (Å²) in [5.41, 5.74) is 1.14. The van der Waals surface area contributed by atoms with E-state index in [0.29, 0.717) is 6.42 Å². The highest BCUT2D eigenvalue weighted by Gasteiger charge is 2.10. The van der Waals surface area contributed by atoms with Crippen molar-refractivity contribution in [3.8, 4) is 12.3 Å². The lowest BCUT2D eigenvalue weighted by molar-refractivity contribution is 0.516. The van der Waals surface area contributed by atoms with Crippen LogP contribution in [0.2, 0.25) is 0 Å². The molecule has 0 aliphatic heterocycles. The highest BCUT2D eigenvalue weighted by molar-refractivity contribution is 5.18. The van der Waals surface area contributed by atoms with Gasteiger partial charge in [0.15, 0.2) is 0 Å². The normalized spacial score (nSPS) is 12.4. The number of terminal acetylenes is 1. The zero-order valence-corrected chi connectivity index (χ0v) is 8.13. The van der Waals surface area contributed by atoms with Crippen molar-refractivity contribution in [3.63, 3.8) is 0 Å². The van der Waals surface area contributed by atoms with E-state index >= 15 is 0 Å². The molecule has 0 aliphatic rings. The Balaban J connectivity index is 2.70. The first kappa shape index (κ1) is 9.88. The van der Waals surface area contributed by atoms with E-state index in [2.05, 4.69) is 18.2 Å². The van der Waals surface area contributed by atoms with Gasteiger partial charge in [0.2, 0.25) is 0 Å². The lowest BCUT2D eigenvalue weighted by Crippen LogP contribution is -2.19. The Labute approximate surface area is 79.3 Å². The third kappa shape index (κ3) is 2.64. The molecule has 1 rings (SSSR count). The fraction of sp³-hybridized carbons (Fsp3) is 0.455. The minimum atomic E-state index is 0.229. The number of hydrogen-bond donors (Lipinski definition) is 1. The van der Waals surface area contributed by atoms with E-state index in [1.54, 1.807) is 6.26 Å². The van der Waals surface area contributed by atoms with Crippen LogP contribution in [0.4, 0.5) is 0 Å². The maximum atomic E-state index is 5.28. The standard InChI is InChI=1S/C11H15NO/c1-4-6-11(12-5-2)10-7-9(3)13-8-10/h1,7-8,11-12H,5-6H2,2-3H3. The quantitative estimate of drug-likeness (QED) is 0.714. The summed E-state index contributed by atoms with van der Waals surface area (Å²) >= 11 is 0. The molecule has 0 saturated heterocycles. The van der Waals surface area contributed by atoms with Gasteiger partial charge < -0.3 is 9.73 Å². The van der Waals surface area contributed by atoms with Gasteiger partial charge in [-0.25, -0.2) is 0 Å². The van der Waals surface area contributed by atoms with Crippen LogP contribution in [0.5, 0.6) is 0 Å². The van der Waals surface area contributed by atoms with E-state index in [-0.39, 0.29) is 6.04 Å². The van der Waals surface area contributed by atoms with Gasteiger partial charge in [0.25, 0.3) is 0 Å². The van der Waals surface area contributed by atoms with Crippen molar-refractivity contribution in [2.24, 2.45) is 0 Å². The third-order valence-corrected chi connectivity index (χ3v) is 1.93. The lowest BCUT2D eigenvalue weighted by atomic mass is 10.1. The maximum Gasteiger partial charge on any atom is 0.101 e. The smallest absolute Gasteiger partial charge is 0.101 e. The van der Waals surface area contributed by atoms with Crippen LogP contribution in [0.25, 0.3) is 0 Å². The molecule has 70 valence electrons. The number of rotatable bonds is 4. The lowest BCUT2D eigenvalue weighted by Gasteiger charge is -2.12. The predicted octanol–water partition coefficient (Wildman–Crippen LogP) is 2.26. The number of hydrogen-bond acceptors (Lipinski definition) is 2. The van der Waals surface area contributed by atoms with Crippen molar-refractivity contribution >= 4 is 0 Å². The molecule has 13 heavy (non-hydrogen) atoms. The largest absolute Gasteiger partial charge is 0.469 e. The molecule has 0 fully saturated rings. The Kier molecular flexibility index (Phi) is 3.60. The Morgan fingerprint density at radius 1 is 1.69 bits per heavy atom. The van der Waals surface area contributed by atoms with Gasteiger partial charge in [0, 0.05) is 18.0 Å². The first-order valence-corrected chi connectivity index (χ1v) is 4.49. The summed E-state index contributed by atoms with van der Waals surface area (Å²) in [6.45, 7) is 4.91. The van der Waals surface area contributed by atoms with Crippen molar-refractivity contribution in [2.75, 3.05) is 6.54 Å². The molecule has 0 saturated carbocycles. The summed E-state index contributed by atoms with van der Waals surface area (Å²) in [6.07, 6.45) is 7.75. The van der Waals surface area contributed by atoms with Crippen LogP contribution in [-0.4, -0.2) is 6.54 Å². The summed E-state index contributed by atoms with van der Waals surface area (Å²) in [4.78, 5) is 0. The van der Waals surface area contributed by atoms with Crippen LogP contribution in [0.1, 0.15) is 30.7 Å². The van der Waals surface area contributed by atoms with Crippen LogP contribution in [0.3, 0.4) is 0 Å². The fourth-order valence-electron chi connectivity index (χ4n) is 1.32. The Morgan fingerprint density at radius 3 is 2.92 bits per heavy atom. The molecule has 0 bridgehead atoms. The average molecular weight is 177 g/mol. The molecule has 1 unspecified atom stereocenters. The summed E-state index contributed by atoms with van der Waals surface area (Å²) in [5.74, 6) is 3.58. The molecule has 1 atom stereocenters. The van der Waals surface area contributed by atoms with Crippen molar-refractivity contribution in [2.45, 2.75) is 26.3 Å². The molecule has 0 aromatic carbocycles. The summed E-state index contributed by atoms with van der Waals surface area (Å²) in [6, 6.07) is 2.25. The molecular weight excluding hydrogens is 162 g/mol. The molecule has 0 spiro atoms. The average Bonchev–Trinajstić information content (AvgIpc) is 2.51. The third-order valence-electron chi connectivity index (χ3n) is 1.93. The van der Waals surface area contributed by atoms with Crippen molar-refractivity contribution < 1.29 is 4.42 Å². The van der Waals surface area contributed by atoms with E-state index in [1.807, 2.05) is 13.0 Å². The molecule has 2 heteroatoms. The second kappa shape index (κ2) is 4.74. The molecule has 1 N–H and O–H groups in total.